The normalized spacial score (nSPS) is 19.0. The molecule has 5 heteroatoms. The summed E-state index contributed by atoms with van der Waals surface area (Å²) in [5.74, 6) is 0.805. The van der Waals surface area contributed by atoms with Gasteiger partial charge in [0.05, 0.1) is 20.8 Å². The molecule has 0 spiro atoms. The molecule has 2 aromatic rings. The Morgan fingerprint density at radius 1 is 1.50 bits per heavy atom. The number of hydrogen-bond donors (Lipinski definition) is 0. The van der Waals surface area contributed by atoms with Crippen LogP contribution in [0.3, 0.4) is 0 Å². The smallest absolute Gasteiger partial charge is 0.262 e. The lowest BCUT2D eigenvalue weighted by atomic mass is 10.2. The Labute approximate surface area is 105 Å². The molecule has 0 N–H and O–H groups in total. The molecule has 0 saturated heterocycles. The first-order valence-corrected chi connectivity index (χ1v) is 6.31. The van der Waals surface area contributed by atoms with Crippen LogP contribution in [0.4, 0.5) is 0 Å². The van der Waals surface area contributed by atoms with E-state index in [4.69, 9.17) is 11.6 Å². The summed E-state index contributed by atoms with van der Waals surface area (Å²) in [7, 11) is 0. The number of benzene rings is 1. The Bertz CT molecular complexity index is 638. The minimum Gasteiger partial charge on any atom is -0.295 e. The summed E-state index contributed by atoms with van der Waals surface area (Å²) in [6, 6.07) is 5.36. The standard InChI is InChI=1S/C11H8BrClN2O/c12-6-4-5-15-10(6)14-8-3-1-2-7(13)9(8)11(15)16/h1-3,6H,4-5H2. The topological polar surface area (TPSA) is 34.9 Å². The summed E-state index contributed by atoms with van der Waals surface area (Å²) in [6.07, 6.45) is 0.899. The maximum Gasteiger partial charge on any atom is 0.262 e. The van der Waals surface area contributed by atoms with Gasteiger partial charge in [-0.25, -0.2) is 4.98 Å². The lowest BCUT2D eigenvalue weighted by molar-refractivity contribution is 0.719. The Morgan fingerprint density at radius 3 is 3.12 bits per heavy atom. The highest BCUT2D eigenvalue weighted by Crippen LogP contribution is 2.32. The third kappa shape index (κ3) is 1.33. The Kier molecular flexibility index (Phi) is 2.30. The summed E-state index contributed by atoms with van der Waals surface area (Å²) in [4.78, 5) is 16.9. The van der Waals surface area contributed by atoms with E-state index in [-0.39, 0.29) is 10.4 Å². The Morgan fingerprint density at radius 2 is 2.31 bits per heavy atom. The van der Waals surface area contributed by atoms with Crippen LogP contribution in [0, 0.1) is 0 Å². The average Bonchev–Trinajstić information content (AvgIpc) is 2.61. The van der Waals surface area contributed by atoms with Gasteiger partial charge in [0.1, 0.15) is 5.82 Å². The number of rotatable bonds is 0. The zero-order chi connectivity index (χ0) is 11.3. The van der Waals surface area contributed by atoms with Crippen molar-refractivity contribution in [3.8, 4) is 0 Å². The molecular formula is C11H8BrClN2O. The van der Waals surface area contributed by atoms with Crippen LogP contribution in [-0.2, 0) is 6.54 Å². The van der Waals surface area contributed by atoms with Crippen molar-refractivity contribution in [1.82, 2.24) is 9.55 Å². The van der Waals surface area contributed by atoms with Gasteiger partial charge in [0.15, 0.2) is 0 Å². The van der Waals surface area contributed by atoms with Crippen molar-refractivity contribution in [3.63, 3.8) is 0 Å². The molecule has 0 bridgehead atoms. The van der Waals surface area contributed by atoms with E-state index in [1.165, 1.54) is 0 Å². The first kappa shape index (κ1) is 10.3. The van der Waals surface area contributed by atoms with E-state index in [2.05, 4.69) is 20.9 Å². The molecule has 82 valence electrons. The van der Waals surface area contributed by atoms with Crippen molar-refractivity contribution in [1.29, 1.82) is 0 Å². The molecule has 1 aliphatic rings. The number of fused-ring (bicyclic) bond motifs is 2. The van der Waals surface area contributed by atoms with Gasteiger partial charge >= 0.3 is 0 Å². The van der Waals surface area contributed by atoms with E-state index < -0.39 is 0 Å². The molecule has 1 atom stereocenters. The van der Waals surface area contributed by atoms with Crippen LogP contribution in [0.1, 0.15) is 17.1 Å². The van der Waals surface area contributed by atoms with E-state index in [1.807, 2.05) is 12.1 Å². The van der Waals surface area contributed by atoms with Gasteiger partial charge in [0.2, 0.25) is 0 Å². The molecule has 0 radical (unpaired) electrons. The van der Waals surface area contributed by atoms with Crippen LogP contribution in [-0.4, -0.2) is 9.55 Å². The number of alkyl halides is 1. The second kappa shape index (κ2) is 3.57. The largest absolute Gasteiger partial charge is 0.295 e. The van der Waals surface area contributed by atoms with Crippen molar-refractivity contribution in [2.45, 2.75) is 17.8 Å². The predicted molar refractivity (Wildman–Crippen MR) is 67.3 cm³/mol. The highest BCUT2D eigenvalue weighted by molar-refractivity contribution is 9.09. The van der Waals surface area contributed by atoms with E-state index in [0.717, 1.165) is 12.2 Å². The quantitative estimate of drug-likeness (QED) is 0.701. The van der Waals surface area contributed by atoms with Crippen molar-refractivity contribution >= 4 is 38.4 Å². The first-order valence-electron chi connectivity index (χ1n) is 5.01. The van der Waals surface area contributed by atoms with Gasteiger partial charge in [0, 0.05) is 6.54 Å². The lowest BCUT2D eigenvalue weighted by Crippen LogP contribution is -2.21. The van der Waals surface area contributed by atoms with Crippen molar-refractivity contribution < 1.29 is 0 Å². The van der Waals surface area contributed by atoms with Gasteiger partial charge in [-0.1, -0.05) is 33.6 Å². The van der Waals surface area contributed by atoms with Gasteiger partial charge in [0.25, 0.3) is 5.56 Å². The first-order chi connectivity index (χ1) is 7.68. The van der Waals surface area contributed by atoms with E-state index in [1.54, 1.807) is 10.6 Å². The number of hydrogen-bond acceptors (Lipinski definition) is 2. The summed E-state index contributed by atoms with van der Waals surface area (Å²) in [5.41, 5.74) is 0.641. The van der Waals surface area contributed by atoms with Crippen molar-refractivity contribution in [2.75, 3.05) is 0 Å². The molecule has 0 fully saturated rings. The second-order valence-electron chi connectivity index (χ2n) is 3.82. The maximum atomic E-state index is 12.2. The van der Waals surface area contributed by atoms with Gasteiger partial charge in [-0.2, -0.15) is 0 Å². The van der Waals surface area contributed by atoms with E-state index in [0.29, 0.717) is 22.5 Å². The fraction of sp³-hybridized carbons (Fsp3) is 0.273. The molecule has 1 aliphatic heterocycles. The van der Waals surface area contributed by atoms with Gasteiger partial charge in [-0.15, -0.1) is 0 Å². The van der Waals surface area contributed by atoms with Gasteiger partial charge < -0.3 is 0 Å². The van der Waals surface area contributed by atoms with Crippen LogP contribution in [0.15, 0.2) is 23.0 Å². The second-order valence-corrected chi connectivity index (χ2v) is 5.33. The van der Waals surface area contributed by atoms with Crippen LogP contribution in [0.5, 0.6) is 0 Å². The predicted octanol–water partition coefficient (Wildman–Crippen LogP) is 2.89. The molecule has 2 heterocycles. The molecule has 3 rings (SSSR count). The molecule has 1 unspecified atom stereocenters. The third-order valence-corrected chi connectivity index (χ3v) is 4.03. The fourth-order valence-corrected chi connectivity index (χ4v) is 2.87. The summed E-state index contributed by atoms with van der Waals surface area (Å²) in [6.45, 7) is 0.707. The molecule has 0 aliphatic carbocycles. The Balaban J connectivity index is 2.49. The highest BCUT2D eigenvalue weighted by Gasteiger charge is 2.24. The van der Waals surface area contributed by atoms with E-state index >= 15 is 0 Å². The molecule has 1 aromatic carbocycles. The van der Waals surface area contributed by atoms with Crippen molar-refractivity contribution in [3.05, 3.63) is 39.4 Å². The molecule has 1 aromatic heterocycles. The number of nitrogens with zero attached hydrogens (tertiary/aromatic N) is 2. The number of aromatic nitrogens is 2. The summed E-state index contributed by atoms with van der Waals surface area (Å²) < 4.78 is 1.70. The molecule has 16 heavy (non-hydrogen) atoms. The van der Waals surface area contributed by atoms with Crippen molar-refractivity contribution in [2.24, 2.45) is 0 Å². The summed E-state index contributed by atoms with van der Waals surface area (Å²) in [5, 5.41) is 0.998. The summed E-state index contributed by atoms with van der Waals surface area (Å²) >= 11 is 9.56. The Hall–Kier alpha value is -0.870. The zero-order valence-corrected chi connectivity index (χ0v) is 10.6. The molecule has 3 nitrogen and oxygen atoms in total. The lowest BCUT2D eigenvalue weighted by Gasteiger charge is -2.06. The molecule has 0 amide bonds. The van der Waals surface area contributed by atoms with Crippen LogP contribution in [0.25, 0.3) is 10.9 Å². The SMILES string of the molecule is O=c1c2c(Cl)cccc2nc2n1CCC2Br. The zero-order valence-electron chi connectivity index (χ0n) is 8.28. The van der Waals surface area contributed by atoms with E-state index in [9.17, 15) is 4.79 Å². The third-order valence-electron chi connectivity index (χ3n) is 2.85. The fourth-order valence-electron chi connectivity index (χ4n) is 2.07. The van der Waals surface area contributed by atoms with Crippen LogP contribution < -0.4 is 5.56 Å². The maximum absolute atomic E-state index is 12.2. The number of halogens is 2. The van der Waals surface area contributed by atoms with Gasteiger partial charge in [-0.3, -0.25) is 9.36 Å². The van der Waals surface area contributed by atoms with Gasteiger partial charge in [-0.05, 0) is 18.6 Å². The highest BCUT2D eigenvalue weighted by atomic mass is 79.9. The van der Waals surface area contributed by atoms with Crippen LogP contribution in [0.2, 0.25) is 5.02 Å². The van der Waals surface area contributed by atoms with Crippen LogP contribution >= 0.6 is 27.5 Å². The minimum absolute atomic E-state index is 0.0347. The minimum atomic E-state index is -0.0347. The molecular weight excluding hydrogens is 291 g/mol. The average molecular weight is 300 g/mol. The molecule has 0 saturated carbocycles. The monoisotopic (exact) mass is 298 g/mol.